The number of pyridine rings is 1. The summed E-state index contributed by atoms with van der Waals surface area (Å²) in [6, 6.07) is 6.98. The average Bonchev–Trinajstić information content (AvgIpc) is 3.29. The molecule has 0 unspecified atom stereocenters. The number of carbonyl (C=O) groups is 1. The van der Waals surface area contributed by atoms with E-state index in [1.807, 2.05) is 24.6 Å². The first-order valence-corrected chi connectivity index (χ1v) is 10.8. The summed E-state index contributed by atoms with van der Waals surface area (Å²) < 4.78 is 13.0. The van der Waals surface area contributed by atoms with Crippen molar-refractivity contribution in [3.63, 3.8) is 0 Å². The van der Waals surface area contributed by atoms with Crippen LogP contribution in [0.15, 0.2) is 41.2 Å². The molecule has 0 aliphatic heterocycles. The molecule has 0 saturated heterocycles. The molecule has 1 N–H and O–H groups in total. The number of carboxylic acids is 1. The summed E-state index contributed by atoms with van der Waals surface area (Å²) in [5.41, 5.74) is 6.52. The Kier molecular flexibility index (Phi) is 4.96. The summed E-state index contributed by atoms with van der Waals surface area (Å²) in [6.07, 6.45) is 8.66. The Morgan fingerprint density at radius 3 is 2.72 bits per heavy atom. The number of methoxy groups -OCH3 is 1. The number of carboxylic acid groups (broad SMARTS) is 1. The summed E-state index contributed by atoms with van der Waals surface area (Å²) in [7, 11) is 1.59. The standard InChI is InChI=1S/C25H25N3O4/c1-14-23(15(2)32-27-14)18-11-21-24(26-12-18)19(9-16-5-4-6-16)13-28(21)20-10-17(25(29)30)7-8-22(20)31-3/h7-8,10-13,16H,4-6,9H2,1-3H3,(H,29,30). The van der Waals surface area contributed by atoms with Gasteiger partial charge in [0.2, 0.25) is 0 Å². The normalized spacial score (nSPS) is 14.0. The van der Waals surface area contributed by atoms with E-state index in [-0.39, 0.29) is 5.56 Å². The molecule has 32 heavy (non-hydrogen) atoms. The van der Waals surface area contributed by atoms with Gasteiger partial charge in [0, 0.05) is 23.5 Å². The van der Waals surface area contributed by atoms with Gasteiger partial charge in [-0.1, -0.05) is 24.4 Å². The van der Waals surface area contributed by atoms with Crippen molar-refractivity contribution in [3.05, 3.63) is 59.2 Å². The summed E-state index contributed by atoms with van der Waals surface area (Å²) in [6.45, 7) is 3.80. The highest BCUT2D eigenvalue weighted by Crippen LogP contribution is 2.37. The monoisotopic (exact) mass is 431 g/mol. The summed E-state index contributed by atoms with van der Waals surface area (Å²) in [5.74, 6) is 1.03. The Bertz CT molecular complexity index is 1310. The van der Waals surface area contributed by atoms with Crippen LogP contribution in [0, 0.1) is 19.8 Å². The molecule has 0 radical (unpaired) electrons. The molecule has 0 spiro atoms. The number of aromatic nitrogens is 3. The maximum atomic E-state index is 11.6. The second-order valence-corrected chi connectivity index (χ2v) is 8.51. The summed E-state index contributed by atoms with van der Waals surface area (Å²) in [4.78, 5) is 16.5. The fourth-order valence-corrected chi connectivity index (χ4v) is 4.57. The number of nitrogens with zero attached hydrogens (tertiary/aromatic N) is 3. The molecule has 1 aliphatic carbocycles. The molecule has 1 aliphatic rings. The predicted molar refractivity (Wildman–Crippen MR) is 121 cm³/mol. The number of rotatable bonds is 6. The van der Waals surface area contributed by atoms with E-state index < -0.39 is 5.97 Å². The van der Waals surface area contributed by atoms with Crippen LogP contribution in [0.2, 0.25) is 0 Å². The lowest BCUT2D eigenvalue weighted by molar-refractivity contribution is 0.0697. The van der Waals surface area contributed by atoms with Gasteiger partial charge in [0.25, 0.3) is 0 Å². The third-order valence-corrected chi connectivity index (χ3v) is 6.46. The maximum absolute atomic E-state index is 11.6. The first-order chi connectivity index (χ1) is 15.5. The Hall–Kier alpha value is -3.61. The zero-order chi connectivity index (χ0) is 22.4. The molecule has 1 saturated carbocycles. The number of aryl methyl sites for hydroxylation is 2. The number of hydrogen-bond acceptors (Lipinski definition) is 5. The first kappa shape index (κ1) is 20.3. The minimum Gasteiger partial charge on any atom is -0.495 e. The predicted octanol–water partition coefficient (Wildman–Crippen LogP) is 5.35. The van der Waals surface area contributed by atoms with Crippen LogP contribution in [0.5, 0.6) is 5.75 Å². The summed E-state index contributed by atoms with van der Waals surface area (Å²) in [5, 5.41) is 13.6. The van der Waals surface area contributed by atoms with Crippen LogP contribution >= 0.6 is 0 Å². The van der Waals surface area contributed by atoms with Gasteiger partial charge in [-0.05, 0) is 56.0 Å². The summed E-state index contributed by atoms with van der Waals surface area (Å²) >= 11 is 0. The zero-order valence-electron chi connectivity index (χ0n) is 18.4. The average molecular weight is 431 g/mol. The third kappa shape index (κ3) is 3.34. The zero-order valence-corrected chi connectivity index (χ0v) is 18.4. The molecule has 4 aromatic rings. The van der Waals surface area contributed by atoms with Crippen LogP contribution in [-0.2, 0) is 6.42 Å². The van der Waals surface area contributed by atoms with Gasteiger partial charge < -0.3 is 18.9 Å². The van der Waals surface area contributed by atoms with Crippen molar-refractivity contribution in [2.24, 2.45) is 5.92 Å². The van der Waals surface area contributed by atoms with Crippen LogP contribution in [0.4, 0.5) is 0 Å². The quantitative estimate of drug-likeness (QED) is 0.443. The minimum absolute atomic E-state index is 0.207. The van der Waals surface area contributed by atoms with Gasteiger partial charge in [-0.2, -0.15) is 0 Å². The number of benzene rings is 1. The van der Waals surface area contributed by atoms with Crippen LogP contribution in [-0.4, -0.2) is 32.9 Å². The van der Waals surface area contributed by atoms with E-state index in [0.717, 1.165) is 45.6 Å². The first-order valence-electron chi connectivity index (χ1n) is 10.8. The lowest BCUT2D eigenvalue weighted by atomic mass is 9.81. The smallest absolute Gasteiger partial charge is 0.335 e. The molecule has 0 atom stereocenters. The number of ether oxygens (including phenoxy) is 1. The molecular weight excluding hydrogens is 406 g/mol. The molecule has 5 rings (SSSR count). The van der Waals surface area contributed by atoms with E-state index in [2.05, 4.69) is 17.4 Å². The van der Waals surface area contributed by atoms with E-state index in [1.165, 1.54) is 19.3 Å². The number of hydrogen-bond donors (Lipinski definition) is 1. The van der Waals surface area contributed by atoms with Crippen LogP contribution in [0.25, 0.3) is 27.8 Å². The second-order valence-electron chi connectivity index (χ2n) is 8.51. The van der Waals surface area contributed by atoms with E-state index in [1.54, 1.807) is 25.3 Å². The Balaban J connectivity index is 1.74. The van der Waals surface area contributed by atoms with Crippen molar-refractivity contribution >= 4 is 17.0 Å². The Morgan fingerprint density at radius 1 is 1.28 bits per heavy atom. The fraction of sp³-hybridized carbons (Fsp3) is 0.320. The fourth-order valence-electron chi connectivity index (χ4n) is 4.57. The second kappa shape index (κ2) is 7.82. The SMILES string of the molecule is COc1ccc(C(=O)O)cc1-n1cc(CC2CCC2)c2ncc(-c3c(C)noc3C)cc21. The third-order valence-electron chi connectivity index (χ3n) is 6.46. The van der Waals surface area contributed by atoms with E-state index in [4.69, 9.17) is 14.2 Å². The number of aromatic carboxylic acids is 1. The van der Waals surface area contributed by atoms with Gasteiger partial charge in [0.15, 0.2) is 0 Å². The largest absolute Gasteiger partial charge is 0.495 e. The lowest BCUT2D eigenvalue weighted by Gasteiger charge is -2.24. The van der Waals surface area contributed by atoms with Gasteiger partial charge in [-0.3, -0.25) is 4.98 Å². The van der Waals surface area contributed by atoms with Gasteiger partial charge in [0.05, 0.1) is 35.1 Å². The van der Waals surface area contributed by atoms with Crippen molar-refractivity contribution in [2.75, 3.05) is 7.11 Å². The van der Waals surface area contributed by atoms with Crippen LogP contribution in [0.3, 0.4) is 0 Å². The van der Waals surface area contributed by atoms with Gasteiger partial charge in [-0.25, -0.2) is 4.79 Å². The van der Waals surface area contributed by atoms with Crippen LogP contribution in [0.1, 0.15) is 46.6 Å². The molecule has 0 bridgehead atoms. The number of fused-ring (bicyclic) bond motifs is 1. The Morgan fingerprint density at radius 2 is 2.09 bits per heavy atom. The highest BCUT2D eigenvalue weighted by molar-refractivity contribution is 5.90. The van der Waals surface area contributed by atoms with Crippen molar-refractivity contribution in [3.8, 4) is 22.6 Å². The maximum Gasteiger partial charge on any atom is 0.335 e. The Labute approximate surface area is 185 Å². The molecular formula is C25H25N3O4. The molecule has 164 valence electrons. The highest BCUT2D eigenvalue weighted by Gasteiger charge is 2.23. The minimum atomic E-state index is -0.977. The molecule has 7 heteroatoms. The van der Waals surface area contributed by atoms with Crippen LogP contribution < -0.4 is 4.74 Å². The van der Waals surface area contributed by atoms with Gasteiger partial charge in [0.1, 0.15) is 11.5 Å². The van der Waals surface area contributed by atoms with Crippen molar-refractivity contribution in [1.82, 2.24) is 14.7 Å². The molecule has 0 amide bonds. The molecule has 7 nitrogen and oxygen atoms in total. The molecule has 3 aromatic heterocycles. The van der Waals surface area contributed by atoms with Crippen molar-refractivity contribution < 1.29 is 19.2 Å². The highest BCUT2D eigenvalue weighted by atomic mass is 16.5. The van der Waals surface area contributed by atoms with Gasteiger partial charge in [-0.15, -0.1) is 0 Å². The van der Waals surface area contributed by atoms with E-state index in [0.29, 0.717) is 17.4 Å². The lowest BCUT2D eigenvalue weighted by Crippen LogP contribution is -2.13. The van der Waals surface area contributed by atoms with Crippen molar-refractivity contribution in [1.29, 1.82) is 0 Å². The molecule has 1 fully saturated rings. The van der Waals surface area contributed by atoms with Gasteiger partial charge >= 0.3 is 5.97 Å². The molecule has 3 heterocycles. The van der Waals surface area contributed by atoms with Crippen molar-refractivity contribution in [2.45, 2.75) is 39.5 Å². The molecule has 1 aromatic carbocycles. The van der Waals surface area contributed by atoms with E-state index in [9.17, 15) is 9.90 Å². The topological polar surface area (TPSA) is 90.4 Å². The van der Waals surface area contributed by atoms with E-state index >= 15 is 0 Å².